The zero-order valence-corrected chi connectivity index (χ0v) is 6.69. The molecule has 1 aliphatic rings. The third kappa shape index (κ3) is 1.25. The zero-order valence-electron chi connectivity index (χ0n) is 6.69. The first-order valence-electron chi connectivity index (χ1n) is 3.86. The van der Waals surface area contributed by atoms with E-state index in [0.29, 0.717) is 18.8 Å². The van der Waals surface area contributed by atoms with E-state index in [1.807, 2.05) is 0 Å². The lowest BCUT2D eigenvalue weighted by atomic mass is 10.3. The Morgan fingerprint density at radius 3 is 2.85 bits per heavy atom. The van der Waals surface area contributed by atoms with Gasteiger partial charge in [0.05, 0.1) is 6.07 Å². The number of rotatable bonds is 1. The lowest BCUT2D eigenvalue weighted by molar-refractivity contribution is -0.124. The molecule has 2 rings (SSSR count). The highest BCUT2D eigenvalue weighted by molar-refractivity contribution is 5.97. The Morgan fingerprint density at radius 1 is 1.62 bits per heavy atom. The number of aliphatic hydroxyl groups is 1. The van der Waals surface area contributed by atoms with Crippen LogP contribution in [0.3, 0.4) is 0 Å². The number of aromatic nitrogens is 1. The molecule has 1 aromatic rings. The van der Waals surface area contributed by atoms with Crippen molar-refractivity contribution < 1.29 is 14.4 Å². The number of aliphatic hydroxyl groups excluding tert-OH is 1. The molecule has 1 aliphatic heterocycles. The first-order chi connectivity index (χ1) is 6.18. The van der Waals surface area contributed by atoms with Gasteiger partial charge < -0.3 is 9.63 Å². The maximum absolute atomic E-state index is 11.2. The van der Waals surface area contributed by atoms with E-state index in [2.05, 4.69) is 9.68 Å². The smallest absolute Gasteiger partial charge is 0.359 e. The van der Waals surface area contributed by atoms with Crippen molar-refractivity contribution in [2.75, 3.05) is 11.4 Å². The molecule has 13 heavy (non-hydrogen) atoms. The van der Waals surface area contributed by atoms with Crippen molar-refractivity contribution in [1.29, 1.82) is 0 Å². The lowest BCUT2D eigenvalue weighted by Gasteiger charge is -2.10. The van der Waals surface area contributed by atoms with E-state index in [4.69, 9.17) is 5.11 Å². The van der Waals surface area contributed by atoms with Crippen LogP contribution in [0.5, 0.6) is 0 Å². The fourth-order valence-electron chi connectivity index (χ4n) is 1.31. The standard InChI is InChI=1S/C7H8N2O4/c10-4-1-2-9(7(4)12)5-3-6(11)13-8-5/h3-4,8,10H,1-2H2. The van der Waals surface area contributed by atoms with E-state index in [9.17, 15) is 9.59 Å². The number of carbonyl (C=O) groups is 1. The number of hydrogen-bond donors (Lipinski definition) is 2. The predicted octanol–water partition coefficient (Wildman–Crippen LogP) is -0.934. The molecule has 6 heteroatoms. The summed E-state index contributed by atoms with van der Waals surface area (Å²) < 4.78 is 4.40. The maximum atomic E-state index is 11.2. The molecule has 0 radical (unpaired) electrons. The normalized spacial score (nSPS) is 22.7. The monoisotopic (exact) mass is 184 g/mol. The van der Waals surface area contributed by atoms with Gasteiger partial charge in [0, 0.05) is 13.0 Å². The average molecular weight is 184 g/mol. The highest BCUT2D eigenvalue weighted by atomic mass is 16.5. The van der Waals surface area contributed by atoms with Crippen LogP contribution < -0.4 is 10.5 Å². The number of anilines is 1. The lowest BCUT2D eigenvalue weighted by Crippen LogP contribution is -2.29. The largest absolute Gasteiger partial charge is 0.383 e. The summed E-state index contributed by atoms with van der Waals surface area (Å²) in [5.74, 6) is -0.108. The van der Waals surface area contributed by atoms with E-state index in [0.717, 1.165) is 0 Å². The van der Waals surface area contributed by atoms with Gasteiger partial charge in [0.15, 0.2) is 5.82 Å². The summed E-state index contributed by atoms with van der Waals surface area (Å²) >= 11 is 0. The minimum absolute atomic E-state index is 0.298. The second kappa shape index (κ2) is 2.74. The Kier molecular flexibility index (Phi) is 1.70. The fourth-order valence-corrected chi connectivity index (χ4v) is 1.31. The van der Waals surface area contributed by atoms with Gasteiger partial charge >= 0.3 is 5.63 Å². The molecule has 1 fully saturated rings. The first kappa shape index (κ1) is 8.06. The third-order valence-corrected chi connectivity index (χ3v) is 1.98. The summed E-state index contributed by atoms with van der Waals surface area (Å²) in [4.78, 5) is 23.2. The maximum Gasteiger partial charge on any atom is 0.359 e. The van der Waals surface area contributed by atoms with Gasteiger partial charge in [-0.3, -0.25) is 9.69 Å². The molecule has 1 aromatic heterocycles. The first-order valence-corrected chi connectivity index (χ1v) is 3.86. The van der Waals surface area contributed by atoms with Crippen LogP contribution in [-0.2, 0) is 4.79 Å². The summed E-state index contributed by atoms with van der Waals surface area (Å²) in [6, 6.07) is 1.18. The molecule has 2 N–H and O–H groups in total. The van der Waals surface area contributed by atoms with E-state index in [1.54, 1.807) is 0 Å². The van der Waals surface area contributed by atoms with Gasteiger partial charge in [-0.15, -0.1) is 0 Å². The van der Waals surface area contributed by atoms with Crippen LogP contribution in [0.2, 0.25) is 0 Å². The van der Waals surface area contributed by atoms with E-state index in [-0.39, 0.29) is 0 Å². The molecular formula is C7H8N2O4. The van der Waals surface area contributed by atoms with Crippen LogP contribution in [0.15, 0.2) is 15.4 Å². The van der Waals surface area contributed by atoms with Crippen LogP contribution in [-0.4, -0.2) is 28.8 Å². The Morgan fingerprint density at radius 2 is 2.38 bits per heavy atom. The zero-order chi connectivity index (χ0) is 9.42. The van der Waals surface area contributed by atoms with E-state index < -0.39 is 17.6 Å². The average Bonchev–Trinajstić information content (AvgIpc) is 2.62. The van der Waals surface area contributed by atoms with Crippen molar-refractivity contribution in [1.82, 2.24) is 5.16 Å². The van der Waals surface area contributed by atoms with Crippen molar-refractivity contribution in [2.24, 2.45) is 0 Å². The Hall–Kier alpha value is -1.56. The van der Waals surface area contributed by atoms with Crippen molar-refractivity contribution in [3.63, 3.8) is 0 Å². The molecule has 0 aliphatic carbocycles. The van der Waals surface area contributed by atoms with Gasteiger partial charge in [-0.2, -0.15) is 0 Å². The minimum atomic E-state index is -0.960. The summed E-state index contributed by atoms with van der Waals surface area (Å²) in [5.41, 5.74) is -0.538. The molecule has 1 atom stereocenters. The van der Waals surface area contributed by atoms with Crippen LogP contribution in [0.25, 0.3) is 0 Å². The van der Waals surface area contributed by atoms with Gasteiger partial charge in [0.25, 0.3) is 5.91 Å². The molecule has 70 valence electrons. The second-order valence-electron chi connectivity index (χ2n) is 2.85. The molecule has 2 heterocycles. The highest BCUT2D eigenvalue weighted by Crippen LogP contribution is 2.17. The number of aromatic amines is 1. The second-order valence-corrected chi connectivity index (χ2v) is 2.85. The number of hydrogen-bond acceptors (Lipinski definition) is 4. The van der Waals surface area contributed by atoms with Gasteiger partial charge in [-0.25, -0.2) is 9.95 Å². The van der Waals surface area contributed by atoms with Gasteiger partial charge in [0.1, 0.15) is 6.10 Å². The summed E-state index contributed by atoms with van der Waals surface area (Å²) in [6.07, 6.45) is -0.579. The van der Waals surface area contributed by atoms with Crippen LogP contribution >= 0.6 is 0 Å². The fraction of sp³-hybridized carbons (Fsp3) is 0.429. The third-order valence-electron chi connectivity index (χ3n) is 1.98. The van der Waals surface area contributed by atoms with Gasteiger partial charge in [-0.05, 0) is 0 Å². The predicted molar refractivity (Wildman–Crippen MR) is 42.3 cm³/mol. The molecule has 0 bridgehead atoms. The van der Waals surface area contributed by atoms with Crippen molar-refractivity contribution in [3.8, 4) is 0 Å². The summed E-state index contributed by atoms with van der Waals surface area (Å²) in [5, 5.41) is 11.4. The van der Waals surface area contributed by atoms with Gasteiger partial charge in [-0.1, -0.05) is 0 Å². The summed E-state index contributed by atoms with van der Waals surface area (Å²) in [6.45, 7) is 0.398. The number of nitrogens with one attached hydrogen (secondary N) is 1. The molecule has 6 nitrogen and oxygen atoms in total. The van der Waals surface area contributed by atoms with Crippen molar-refractivity contribution in [2.45, 2.75) is 12.5 Å². The van der Waals surface area contributed by atoms with Crippen LogP contribution in [0.4, 0.5) is 5.82 Å². The topological polar surface area (TPSA) is 86.5 Å². The Labute approximate surface area is 72.7 Å². The molecule has 1 unspecified atom stereocenters. The van der Waals surface area contributed by atoms with Crippen LogP contribution in [0.1, 0.15) is 6.42 Å². The minimum Gasteiger partial charge on any atom is -0.383 e. The van der Waals surface area contributed by atoms with Crippen LogP contribution in [0, 0.1) is 0 Å². The molecule has 0 aromatic carbocycles. The molecule has 0 saturated carbocycles. The van der Waals surface area contributed by atoms with Crippen molar-refractivity contribution in [3.05, 3.63) is 16.5 Å². The molecular weight excluding hydrogens is 176 g/mol. The van der Waals surface area contributed by atoms with E-state index >= 15 is 0 Å². The summed E-state index contributed by atoms with van der Waals surface area (Å²) in [7, 11) is 0. The quantitative estimate of drug-likeness (QED) is 0.590. The number of amides is 1. The number of nitrogens with zero attached hydrogens (tertiary/aromatic N) is 1. The Bertz CT molecular complexity index is 380. The highest BCUT2D eigenvalue weighted by Gasteiger charge is 2.31. The van der Waals surface area contributed by atoms with Gasteiger partial charge in [0.2, 0.25) is 0 Å². The molecule has 1 amide bonds. The Balaban J connectivity index is 2.28. The van der Waals surface area contributed by atoms with E-state index in [1.165, 1.54) is 11.0 Å². The SMILES string of the molecule is O=C1C(O)CCN1c1cc(=O)o[nH]1. The number of carbonyl (C=O) groups excluding carboxylic acids is 1. The molecule has 1 saturated heterocycles. The molecule has 0 spiro atoms. The number of H-pyrrole nitrogens is 1. The van der Waals surface area contributed by atoms with Crippen molar-refractivity contribution >= 4 is 11.7 Å².